The van der Waals surface area contributed by atoms with Gasteiger partial charge in [-0.1, -0.05) is 55.3 Å². The number of rotatable bonds is 10. The predicted octanol–water partition coefficient (Wildman–Crippen LogP) is 5.77. The molecule has 3 aromatic carbocycles. The zero-order valence-electron chi connectivity index (χ0n) is 21.1. The summed E-state index contributed by atoms with van der Waals surface area (Å²) in [5.74, 6) is 0.0286. The first-order chi connectivity index (χ1) is 17.8. The van der Waals surface area contributed by atoms with Crippen LogP contribution >= 0.6 is 0 Å². The average Bonchev–Trinajstić information content (AvgIpc) is 3.39. The Morgan fingerprint density at radius 2 is 1.43 bits per heavy atom. The van der Waals surface area contributed by atoms with E-state index in [4.69, 9.17) is 9.47 Å². The molecule has 0 spiro atoms. The molecular weight excluding hydrogens is 470 g/mol. The second kappa shape index (κ2) is 11.3. The van der Waals surface area contributed by atoms with E-state index in [9.17, 15) is 19.5 Å². The first kappa shape index (κ1) is 25.9. The molecule has 1 aliphatic rings. The molecule has 3 aromatic rings. The largest absolute Gasteiger partial charge is 0.493 e. The zero-order valence-corrected chi connectivity index (χ0v) is 21.1. The third-order valence-corrected chi connectivity index (χ3v) is 7.03. The van der Waals surface area contributed by atoms with Crippen molar-refractivity contribution in [2.24, 2.45) is 5.41 Å². The molecule has 0 aromatic heterocycles. The maximum atomic E-state index is 12.8. The van der Waals surface area contributed by atoms with Crippen LogP contribution in [-0.2, 0) is 16.0 Å². The predicted molar refractivity (Wildman–Crippen MR) is 141 cm³/mol. The molecule has 1 amide bonds. The van der Waals surface area contributed by atoms with Gasteiger partial charge in [-0.2, -0.15) is 0 Å². The number of methoxy groups -OCH3 is 2. The quantitative estimate of drug-likeness (QED) is 0.342. The number of nitrogens with one attached hydrogen (secondary N) is 1. The maximum absolute atomic E-state index is 12.8. The second-order valence-electron chi connectivity index (χ2n) is 9.46. The number of Topliss-reactive ketones (excluding diaryl/α,β-unsaturated/α-hetero) is 1. The van der Waals surface area contributed by atoms with Gasteiger partial charge < -0.3 is 19.9 Å². The molecule has 7 heteroatoms. The Bertz CT molecular complexity index is 1270. The van der Waals surface area contributed by atoms with Gasteiger partial charge in [-0.15, -0.1) is 0 Å². The van der Waals surface area contributed by atoms with E-state index in [1.807, 2.05) is 42.5 Å². The fourth-order valence-corrected chi connectivity index (χ4v) is 4.90. The number of aliphatic carboxylic acids is 1. The summed E-state index contributed by atoms with van der Waals surface area (Å²) in [6.45, 7) is 0. The van der Waals surface area contributed by atoms with Crippen LogP contribution in [0.3, 0.4) is 0 Å². The maximum Gasteiger partial charge on any atom is 0.310 e. The lowest BCUT2D eigenvalue weighted by atomic mass is 9.80. The molecule has 0 aliphatic heterocycles. The van der Waals surface area contributed by atoms with Gasteiger partial charge in [0.1, 0.15) is 0 Å². The van der Waals surface area contributed by atoms with Crippen molar-refractivity contribution in [1.82, 2.24) is 0 Å². The van der Waals surface area contributed by atoms with E-state index < -0.39 is 11.4 Å². The van der Waals surface area contributed by atoms with Crippen molar-refractivity contribution in [1.29, 1.82) is 0 Å². The topological polar surface area (TPSA) is 102 Å². The first-order valence-corrected chi connectivity index (χ1v) is 12.3. The number of anilines is 1. The standard InChI is InChI=1S/C30H31NO6/c1-36-26-14-5-20(17-27(26)37-2)18-28(33)31-24-12-10-22(11-13-24)21-6-8-23(9-7-21)25(32)19-30(29(34)35)15-3-4-16-30/h5-14,17H,3-4,15-16,18-19H2,1-2H3,(H,31,33)(H,34,35). The summed E-state index contributed by atoms with van der Waals surface area (Å²) in [4.78, 5) is 37.1. The van der Waals surface area contributed by atoms with Crippen molar-refractivity contribution in [3.8, 4) is 22.6 Å². The van der Waals surface area contributed by atoms with Gasteiger partial charge in [0, 0.05) is 17.7 Å². The Labute approximate surface area is 216 Å². The average molecular weight is 502 g/mol. The van der Waals surface area contributed by atoms with Gasteiger partial charge in [0.15, 0.2) is 17.3 Å². The molecule has 0 saturated heterocycles. The second-order valence-corrected chi connectivity index (χ2v) is 9.46. The lowest BCUT2D eigenvalue weighted by Gasteiger charge is -2.22. The van der Waals surface area contributed by atoms with Crippen molar-refractivity contribution in [3.05, 3.63) is 77.9 Å². The Morgan fingerprint density at radius 1 is 0.838 bits per heavy atom. The summed E-state index contributed by atoms with van der Waals surface area (Å²) < 4.78 is 10.5. The molecule has 1 aliphatic carbocycles. The van der Waals surface area contributed by atoms with Crippen LogP contribution in [0.15, 0.2) is 66.7 Å². The number of carboxylic acids is 1. The number of ketones is 1. The molecule has 1 saturated carbocycles. The lowest BCUT2D eigenvalue weighted by Crippen LogP contribution is -2.30. The van der Waals surface area contributed by atoms with E-state index in [2.05, 4.69) is 5.32 Å². The number of benzene rings is 3. The van der Waals surface area contributed by atoms with Gasteiger partial charge in [0.25, 0.3) is 0 Å². The third-order valence-electron chi connectivity index (χ3n) is 7.03. The highest BCUT2D eigenvalue weighted by Crippen LogP contribution is 2.42. The fourth-order valence-electron chi connectivity index (χ4n) is 4.90. The van der Waals surface area contributed by atoms with Gasteiger partial charge >= 0.3 is 5.97 Å². The molecule has 0 unspecified atom stereocenters. The van der Waals surface area contributed by atoms with Crippen LogP contribution in [0.4, 0.5) is 5.69 Å². The van der Waals surface area contributed by atoms with Crippen molar-refractivity contribution < 1.29 is 29.0 Å². The molecule has 4 rings (SSSR count). The van der Waals surface area contributed by atoms with E-state index in [0.29, 0.717) is 35.6 Å². The number of carbonyl (C=O) groups is 3. The summed E-state index contributed by atoms with van der Waals surface area (Å²) in [5, 5.41) is 12.6. The van der Waals surface area contributed by atoms with E-state index in [0.717, 1.165) is 29.5 Å². The molecule has 192 valence electrons. The van der Waals surface area contributed by atoms with Crippen molar-refractivity contribution in [3.63, 3.8) is 0 Å². The highest BCUT2D eigenvalue weighted by molar-refractivity contribution is 5.99. The number of hydrogen-bond acceptors (Lipinski definition) is 5. The SMILES string of the molecule is COc1ccc(CC(=O)Nc2ccc(-c3ccc(C(=O)CC4(C(=O)O)CCCC4)cc3)cc2)cc1OC. The minimum absolute atomic E-state index is 0.0411. The molecule has 0 heterocycles. The van der Waals surface area contributed by atoms with Crippen LogP contribution in [0.25, 0.3) is 11.1 Å². The highest BCUT2D eigenvalue weighted by Gasteiger charge is 2.42. The Kier molecular flexibility index (Phi) is 7.92. The van der Waals surface area contributed by atoms with Crippen LogP contribution in [-0.4, -0.2) is 37.0 Å². The van der Waals surface area contributed by atoms with Crippen molar-refractivity contribution in [2.75, 3.05) is 19.5 Å². The van der Waals surface area contributed by atoms with E-state index >= 15 is 0 Å². The molecule has 2 N–H and O–H groups in total. The van der Waals surface area contributed by atoms with Gasteiger partial charge in [0.2, 0.25) is 5.91 Å². The van der Waals surface area contributed by atoms with Gasteiger partial charge in [-0.25, -0.2) is 0 Å². The lowest BCUT2D eigenvalue weighted by molar-refractivity contribution is -0.148. The van der Waals surface area contributed by atoms with E-state index in [1.54, 1.807) is 38.5 Å². The minimum atomic E-state index is -0.921. The zero-order chi connectivity index (χ0) is 26.4. The van der Waals surface area contributed by atoms with Crippen LogP contribution in [0, 0.1) is 5.41 Å². The Hall–Kier alpha value is -4.13. The van der Waals surface area contributed by atoms with Crippen LogP contribution in [0.2, 0.25) is 0 Å². The number of carbonyl (C=O) groups excluding carboxylic acids is 2. The van der Waals surface area contributed by atoms with Crippen LogP contribution in [0.5, 0.6) is 11.5 Å². The summed E-state index contributed by atoms with van der Waals surface area (Å²) in [7, 11) is 3.12. The number of hydrogen-bond donors (Lipinski definition) is 2. The van der Waals surface area contributed by atoms with E-state index in [-0.39, 0.29) is 24.5 Å². The number of carboxylic acid groups (broad SMARTS) is 1. The fraction of sp³-hybridized carbons (Fsp3) is 0.300. The summed E-state index contributed by atoms with van der Waals surface area (Å²) in [5.41, 5.74) is 2.95. The minimum Gasteiger partial charge on any atom is -0.493 e. The van der Waals surface area contributed by atoms with E-state index in [1.165, 1.54) is 0 Å². The van der Waals surface area contributed by atoms with Gasteiger partial charge in [-0.3, -0.25) is 14.4 Å². The molecule has 1 fully saturated rings. The highest BCUT2D eigenvalue weighted by atomic mass is 16.5. The third kappa shape index (κ3) is 6.00. The molecular formula is C30H31NO6. The van der Waals surface area contributed by atoms with Crippen molar-refractivity contribution >= 4 is 23.3 Å². The molecule has 0 radical (unpaired) electrons. The molecule has 0 atom stereocenters. The Balaban J connectivity index is 1.36. The van der Waals surface area contributed by atoms with Crippen molar-refractivity contribution in [2.45, 2.75) is 38.5 Å². The first-order valence-electron chi connectivity index (χ1n) is 12.3. The normalized spacial score (nSPS) is 14.1. The van der Waals surface area contributed by atoms with Crippen LogP contribution in [0.1, 0.15) is 48.0 Å². The van der Waals surface area contributed by atoms with Crippen LogP contribution < -0.4 is 14.8 Å². The summed E-state index contributed by atoms with van der Waals surface area (Å²) in [6.07, 6.45) is 3.06. The monoisotopic (exact) mass is 501 g/mol. The van der Waals surface area contributed by atoms with Gasteiger partial charge in [0.05, 0.1) is 26.1 Å². The number of amides is 1. The Morgan fingerprint density at radius 3 is 2.00 bits per heavy atom. The number of ether oxygens (including phenoxy) is 2. The summed E-state index contributed by atoms with van der Waals surface area (Å²) >= 11 is 0. The molecule has 37 heavy (non-hydrogen) atoms. The molecule has 7 nitrogen and oxygen atoms in total. The summed E-state index contributed by atoms with van der Waals surface area (Å²) in [6, 6.07) is 20.1. The molecule has 0 bridgehead atoms. The van der Waals surface area contributed by atoms with Gasteiger partial charge in [-0.05, 0) is 53.8 Å². The smallest absolute Gasteiger partial charge is 0.310 e.